The van der Waals surface area contributed by atoms with E-state index in [1.807, 2.05) is 24.3 Å². The van der Waals surface area contributed by atoms with Crippen LogP contribution in [0.25, 0.3) is 0 Å². The highest BCUT2D eigenvalue weighted by atomic mass is 19.1. The number of hydrogen-bond donors (Lipinski definition) is 0. The third-order valence-electron chi connectivity index (χ3n) is 3.77. The second-order valence-electron chi connectivity index (χ2n) is 5.64. The van der Waals surface area contributed by atoms with Gasteiger partial charge in [0, 0.05) is 13.1 Å². The highest BCUT2D eigenvalue weighted by Gasteiger charge is 2.14. The molecule has 0 unspecified atom stereocenters. The Morgan fingerprint density at radius 3 is 2.64 bits per heavy atom. The highest BCUT2D eigenvalue weighted by molar-refractivity contribution is 5.25. The number of hydrogen-bond acceptors (Lipinski definition) is 2. The van der Waals surface area contributed by atoms with Gasteiger partial charge in [0.15, 0.2) is 0 Å². The lowest BCUT2D eigenvalue weighted by molar-refractivity contribution is 0.0331. The fourth-order valence-electron chi connectivity index (χ4n) is 2.68. The quantitative estimate of drug-likeness (QED) is 0.752. The van der Waals surface area contributed by atoms with E-state index < -0.39 is 0 Å². The summed E-state index contributed by atoms with van der Waals surface area (Å²) in [6.45, 7) is 3.05. The van der Waals surface area contributed by atoms with Crippen LogP contribution >= 0.6 is 0 Å². The van der Waals surface area contributed by atoms with Gasteiger partial charge in [-0.05, 0) is 29.7 Å². The molecule has 0 spiro atoms. The molecule has 0 N–H and O–H groups in total. The Morgan fingerprint density at radius 1 is 1.00 bits per heavy atom. The van der Waals surface area contributed by atoms with Crippen LogP contribution in [0.15, 0.2) is 66.2 Å². The Balaban J connectivity index is 1.42. The van der Waals surface area contributed by atoms with E-state index in [9.17, 15) is 4.39 Å². The summed E-state index contributed by atoms with van der Waals surface area (Å²) in [7, 11) is 0. The number of halogens is 1. The molecule has 0 amide bonds. The van der Waals surface area contributed by atoms with Crippen molar-refractivity contribution in [3.63, 3.8) is 0 Å². The number of ether oxygens (including phenoxy) is 1. The minimum atomic E-state index is -0.167. The zero-order valence-electron chi connectivity index (χ0n) is 12.5. The van der Waals surface area contributed by atoms with Crippen LogP contribution in [0.5, 0.6) is 0 Å². The first-order valence-corrected chi connectivity index (χ1v) is 7.56. The summed E-state index contributed by atoms with van der Waals surface area (Å²) >= 11 is 0. The van der Waals surface area contributed by atoms with E-state index in [4.69, 9.17) is 4.74 Å². The molecule has 1 aliphatic rings. The molecule has 0 atom stereocenters. The SMILES string of the molecule is Fc1cccc(CC2=CCN(COCc3ccccc3)C2)c1. The van der Waals surface area contributed by atoms with Crippen LogP contribution in [0.1, 0.15) is 11.1 Å². The minimum Gasteiger partial charge on any atom is -0.361 e. The van der Waals surface area contributed by atoms with Crippen LogP contribution in [-0.2, 0) is 17.8 Å². The summed E-state index contributed by atoms with van der Waals surface area (Å²) in [5.41, 5.74) is 3.54. The van der Waals surface area contributed by atoms with Crippen molar-refractivity contribution in [3.05, 3.63) is 83.2 Å². The minimum absolute atomic E-state index is 0.167. The van der Waals surface area contributed by atoms with Crippen molar-refractivity contribution < 1.29 is 9.13 Å². The molecule has 0 radical (unpaired) electrons. The Hall–Kier alpha value is -1.97. The molecule has 0 aromatic heterocycles. The maximum atomic E-state index is 13.2. The van der Waals surface area contributed by atoms with E-state index in [0.29, 0.717) is 13.3 Å². The van der Waals surface area contributed by atoms with Crippen molar-refractivity contribution in [1.29, 1.82) is 0 Å². The van der Waals surface area contributed by atoms with Crippen LogP contribution in [0, 0.1) is 5.82 Å². The topological polar surface area (TPSA) is 12.5 Å². The van der Waals surface area contributed by atoms with Gasteiger partial charge >= 0.3 is 0 Å². The molecular weight excluding hydrogens is 277 g/mol. The molecule has 2 aromatic carbocycles. The molecule has 2 nitrogen and oxygen atoms in total. The van der Waals surface area contributed by atoms with Crippen LogP contribution in [0.3, 0.4) is 0 Å². The molecule has 3 rings (SSSR count). The van der Waals surface area contributed by atoms with Gasteiger partial charge in [-0.3, -0.25) is 4.90 Å². The van der Waals surface area contributed by atoms with Crippen molar-refractivity contribution >= 4 is 0 Å². The molecule has 1 heterocycles. The third-order valence-corrected chi connectivity index (χ3v) is 3.77. The highest BCUT2D eigenvalue weighted by Crippen LogP contribution is 2.16. The zero-order valence-corrected chi connectivity index (χ0v) is 12.5. The third kappa shape index (κ3) is 4.26. The largest absolute Gasteiger partial charge is 0.361 e. The Kier molecular flexibility index (Phi) is 4.99. The number of benzene rings is 2. The molecule has 2 aromatic rings. The lowest BCUT2D eigenvalue weighted by Crippen LogP contribution is -2.24. The molecule has 22 heavy (non-hydrogen) atoms. The van der Waals surface area contributed by atoms with Crippen molar-refractivity contribution in [2.45, 2.75) is 13.0 Å². The molecule has 3 heteroatoms. The zero-order chi connectivity index (χ0) is 15.2. The van der Waals surface area contributed by atoms with Gasteiger partial charge in [0.05, 0.1) is 13.3 Å². The summed E-state index contributed by atoms with van der Waals surface area (Å²) in [5, 5.41) is 0. The first-order chi connectivity index (χ1) is 10.8. The fraction of sp³-hybridized carbons (Fsp3) is 0.263. The molecule has 0 saturated carbocycles. The van der Waals surface area contributed by atoms with E-state index in [0.717, 1.165) is 25.1 Å². The van der Waals surface area contributed by atoms with E-state index in [1.165, 1.54) is 17.2 Å². The molecule has 0 bridgehead atoms. The second-order valence-corrected chi connectivity index (χ2v) is 5.64. The molecule has 114 valence electrons. The first kappa shape index (κ1) is 14.9. The second kappa shape index (κ2) is 7.34. The van der Waals surface area contributed by atoms with E-state index in [-0.39, 0.29) is 5.82 Å². The normalized spacial score (nSPS) is 15.0. The van der Waals surface area contributed by atoms with E-state index >= 15 is 0 Å². The van der Waals surface area contributed by atoms with Crippen LogP contribution in [-0.4, -0.2) is 24.7 Å². The van der Waals surface area contributed by atoms with Gasteiger partial charge < -0.3 is 4.74 Å². The van der Waals surface area contributed by atoms with Crippen molar-refractivity contribution in [2.75, 3.05) is 19.8 Å². The molecule has 0 fully saturated rings. The smallest absolute Gasteiger partial charge is 0.123 e. The van der Waals surface area contributed by atoms with Crippen LogP contribution in [0.2, 0.25) is 0 Å². The summed E-state index contributed by atoms with van der Waals surface area (Å²) < 4.78 is 18.9. The van der Waals surface area contributed by atoms with Crippen molar-refractivity contribution in [3.8, 4) is 0 Å². The Morgan fingerprint density at radius 2 is 1.82 bits per heavy atom. The van der Waals surface area contributed by atoms with E-state index in [1.54, 1.807) is 12.1 Å². The van der Waals surface area contributed by atoms with Crippen LogP contribution in [0.4, 0.5) is 4.39 Å². The monoisotopic (exact) mass is 297 g/mol. The fourth-order valence-corrected chi connectivity index (χ4v) is 2.68. The van der Waals surface area contributed by atoms with Gasteiger partial charge in [0.2, 0.25) is 0 Å². The molecule has 0 saturated heterocycles. The van der Waals surface area contributed by atoms with Crippen molar-refractivity contribution in [1.82, 2.24) is 4.90 Å². The summed E-state index contributed by atoms with van der Waals surface area (Å²) in [6.07, 6.45) is 3.03. The Bertz CT molecular complexity index is 639. The predicted octanol–water partition coefficient (Wildman–Crippen LogP) is 3.78. The summed E-state index contributed by atoms with van der Waals surface area (Å²) in [5.74, 6) is -0.167. The van der Waals surface area contributed by atoms with Gasteiger partial charge in [0.1, 0.15) is 5.82 Å². The van der Waals surface area contributed by atoms with Gasteiger partial charge in [-0.15, -0.1) is 0 Å². The van der Waals surface area contributed by atoms with Crippen LogP contribution < -0.4 is 0 Å². The van der Waals surface area contributed by atoms with Gasteiger partial charge in [-0.25, -0.2) is 4.39 Å². The maximum absolute atomic E-state index is 13.2. The molecule has 0 aliphatic carbocycles. The number of rotatable bonds is 6. The lowest BCUT2D eigenvalue weighted by atomic mass is 10.1. The van der Waals surface area contributed by atoms with Gasteiger partial charge in [-0.2, -0.15) is 0 Å². The standard InChI is InChI=1S/C19H20FNO/c20-19-8-4-7-17(12-19)11-18-9-10-21(13-18)15-22-14-16-5-2-1-3-6-16/h1-9,12H,10-11,13-15H2. The number of nitrogens with zero attached hydrogens (tertiary/aromatic N) is 1. The van der Waals surface area contributed by atoms with Gasteiger partial charge in [-0.1, -0.05) is 54.1 Å². The summed E-state index contributed by atoms with van der Waals surface area (Å²) in [4.78, 5) is 2.25. The Labute approximate surface area is 130 Å². The maximum Gasteiger partial charge on any atom is 0.123 e. The average molecular weight is 297 g/mol. The summed E-state index contributed by atoms with van der Waals surface area (Å²) in [6, 6.07) is 17.0. The average Bonchev–Trinajstić information content (AvgIpc) is 2.96. The van der Waals surface area contributed by atoms with Gasteiger partial charge in [0.25, 0.3) is 0 Å². The molecular formula is C19H20FNO. The lowest BCUT2D eigenvalue weighted by Gasteiger charge is -2.16. The van der Waals surface area contributed by atoms with Crippen molar-refractivity contribution in [2.24, 2.45) is 0 Å². The van der Waals surface area contributed by atoms with E-state index in [2.05, 4.69) is 23.1 Å². The first-order valence-electron chi connectivity index (χ1n) is 7.56. The predicted molar refractivity (Wildman–Crippen MR) is 85.9 cm³/mol. The molecule has 1 aliphatic heterocycles.